The third kappa shape index (κ3) is 4.17. The first kappa shape index (κ1) is 20.7. The first-order valence-corrected chi connectivity index (χ1v) is 11.1. The largest absolute Gasteiger partial charge is 0.343 e. The van der Waals surface area contributed by atoms with Crippen LogP contribution in [0.4, 0.5) is 4.39 Å². The van der Waals surface area contributed by atoms with Gasteiger partial charge in [0.1, 0.15) is 5.82 Å². The number of piperidine rings is 1. The standard InChI is InChI=1S/C23H25FN2O3S/c1-23(14-20(27)25-22(23)29)11-8-21(28)26-12-9-15(10-13-26)18-6-7-19(30-18)16-4-2-3-5-17(16)24/h2-7,15H,8-14H2,1H3,(H,25,27,29). The van der Waals surface area contributed by atoms with Gasteiger partial charge in [0.25, 0.3) is 0 Å². The molecule has 3 amide bonds. The molecule has 1 atom stereocenters. The number of hydrogen-bond acceptors (Lipinski definition) is 4. The molecule has 0 saturated carbocycles. The average Bonchev–Trinajstić information content (AvgIpc) is 3.31. The molecule has 4 rings (SSSR count). The van der Waals surface area contributed by atoms with E-state index < -0.39 is 5.41 Å². The van der Waals surface area contributed by atoms with Crippen molar-refractivity contribution in [3.63, 3.8) is 0 Å². The van der Waals surface area contributed by atoms with Crippen LogP contribution in [0.25, 0.3) is 10.4 Å². The van der Waals surface area contributed by atoms with Crippen molar-refractivity contribution in [2.75, 3.05) is 13.1 Å². The molecule has 2 aliphatic rings. The van der Waals surface area contributed by atoms with Gasteiger partial charge in [-0.1, -0.05) is 25.1 Å². The Balaban J connectivity index is 1.31. The van der Waals surface area contributed by atoms with Crippen molar-refractivity contribution in [1.82, 2.24) is 10.2 Å². The second-order valence-corrected chi connectivity index (χ2v) is 9.57. The maximum atomic E-state index is 14.0. The number of nitrogens with one attached hydrogen (secondary N) is 1. The van der Waals surface area contributed by atoms with Crippen molar-refractivity contribution in [1.29, 1.82) is 0 Å². The number of imide groups is 1. The van der Waals surface area contributed by atoms with E-state index in [1.54, 1.807) is 30.4 Å². The molecule has 0 bridgehead atoms. The van der Waals surface area contributed by atoms with Crippen LogP contribution in [-0.4, -0.2) is 35.7 Å². The fourth-order valence-corrected chi connectivity index (χ4v) is 5.49. The Morgan fingerprint density at radius 1 is 1.20 bits per heavy atom. The Morgan fingerprint density at radius 3 is 2.60 bits per heavy atom. The lowest BCUT2D eigenvalue weighted by Crippen LogP contribution is -2.38. The number of hydrogen-bond donors (Lipinski definition) is 1. The fourth-order valence-electron chi connectivity index (χ4n) is 4.29. The normalized spacial score (nSPS) is 22.4. The first-order chi connectivity index (χ1) is 14.4. The number of carbonyl (C=O) groups excluding carboxylic acids is 3. The van der Waals surface area contributed by atoms with Crippen LogP contribution in [0.2, 0.25) is 0 Å². The van der Waals surface area contributed by atoms with Crippen LogP contribution in [0.1, 0.15) is 49.8 Å². The van der Waals surface area contributed by atoms with E-state index >= 15 is 0 Å². The number of benzene rings is 1. The van der Waals surface area contributed by atoms with E-state index in [2.05, 4.69) is 11.4 Å². The Labute approximate surface area is 179 Å². The number of likely N-dealkylation sites (tertiary alicyclic amines) is 1. The fraction of sp³-hybridized carbons (Fsp3) is 0.435. The average molecular weight is 429 g/mol. The van der Waals surface area contributed by atoms with Gasteiger partial charge in [-0.2, -0.15) is 0 Å². The minimum absolute atomic E-state index is 0.0417. The molecule has 2 aliphatic heterocycles. The summed E-state index contributed by atoms with van der Waals surface area (Å²) in [5.74, 6) is -0.336. The lowest BCUT2D eigenvalue weighted by molar-refractivity contribution is -0.133. The Kier molecular flexibility index (Phi) is 5.73. The van der Waals surface area contributed by atoms with Crippen molar-refractivity contribution < 1.29 is 18.8 Å². The lowest BCUT2D eigenvalue weighted by atomic mass is 9.83. The van der Waals surface area contributed by atoms with E-state index in [1.807, 2.05) is 17.0 Å². The smallest absolute Gasteiger partial charge is 0.233 e. The monoisotopic (exact) mass is 428 g/mol. The SMILES string of the molecule is CC1(CCC(=O)N2CCC(c3ccc(-c4ccccc4F)s3)CC2)CC(=O)NC1=O. The molecule has 30 heavy (non-hydrogen) atoms. The third-order valence-electron chi connectivity index (χ3n) is 6.26. The molecule has 2 aromatic rings. The number of nitrogens with zero attached hydrogens (tertiary/aromatic N) is 1. The van der Waals surface area contributed by atoms with E-state index in [0.717, 1.165) is 17.7 Å². The molecule has 0 radical (unpaired) electrons. The second kappa shape index (κ2) is 8.30. The minimum atomic E-state index is -0.773. The van der Waals surface area contributed by atoms with Crippen LogP contribution < -0.4 is 5.32 Å². The van der Waals surface area contributed by atoms with Gasteiger partial charge in [0.15, 0.2) is 0 Å². The zero-order valence-electron chi connectivity index (χ0n) is 16.9. The maximum Gasteiger partial charge on any atom is 0.233 e. The lowest BCUT2D eigenvalue weighted by Gasteiger charge is -2.32. The van der Waals surface area contributed by atoms with Gasteiger partial charge >= 0.3 is 0 Å². The minimum Gasteiger partial charge on any atom is -0.343 e. The summed E-state index contributed by atoms with van der Waals surface area (Å²) < 4.78 is 14.0. The summed E-state index contributed by atoms with van der Waals surface area (Å²) in [6.07, 6.45) is 2.57. The summed E-state index contributed by atoms with van der Waals surface area (Å²) in [6, 6.07) is 10.9. The Hall–Kier alpha value is -2.54. The number of halogens is 1. The number of amides is 3. The van der Waals surface area contributed by atoms with Crippen molar-refractivity contribution >= 4 is 29.1 Å². The molecule has 2 fully saturated rings. The number of carbonyl (C=O) groups is 3. The zero-order valence-corrected chi connectivity index (χ0v) is 17.8. The molecule has 1 unspecified atom stereocenters. The predicted molar refractivity (Wildman–Crippen MR) is 113 cm³/mol. The first-order valence-electron chi connectivity index (χ1n) is 10.3. The number of thiophene rings is 1. The van der Waals surface area contributed by atoms with Gasteiger partial charge in [0.2, 0.25) is 17.7 Å². The highest BCUT2D eigenvalue weighted by Crippen LogP contribution is 2.38. The predicted octanol–water partition coefficient (Wildman–Crippen LogP) is 4.09. The summed E-state index contributed by atoms with van der Waals surface area (Å²) >= 11 is 1.62. The highest BCUT2D eigenvalue weighted by Gasteiger charge is 2.42. The van der Waals surface area contributed by atoms with Crippen LogP contribution in [0.15, 0.2) is 36.4 Å². The van der Waals surface area contributed by atoms with Crippen molar-refractivity contribution in [2.24, 2.45) is 5.41 Å². The Morgan fingerprint density at radius 2 is 1.93 bits per heavy atom. The second-order valence-electron chi connectivity index (χ2n) is 8.45. The topological polar surface area (TPSA) is 66.5 Å². The third-order valence-corrected chi connectivity index (χ3v) is 7.54. The van der Waals surface area contributed by atoms with Crippen molar-refractivity contribution in [3.05, 3.63) is 47.1 Å². The molecular weight excluding hydrogens is 403 g/mol. The Bertz CT molecular complexity index is 980. The summed E-state index contributed by atoms with van der Waals surface area (Å²) in [5.41, 5.74) is -0.144. The molecular formula is C23H25FN2O3S. The van der Waals surface area contributed by atoms with Gasteiger partial charge in [-0.3, -0.25) is 19.7 Å². The highest BCUT2D eigenvalue weighted by atomic mass is 32.1. The molecule has 0 spiro atoms. The van der Waals surface area contributed by atoms with Gasteiger partial charge in [-0.15, -0.1) is 11.3 Å². The molecule has 1 N–H and O–H groups in total. The van der Waals surface area contributed by atoms with E-state index in [-0.39, 0.29) is 36.4 Å². The maximum absolute atomic E-state index is 14.0. The quantitative estimate of drug-likeness (QED) is 0.730. The zero-order chi connectivity index (χ0) is 21.3. The van der Waals surface area contributed by atoms with Gasteiger partial charge < -0.3 is 4.90 Å². The molecule has 1 aromatic heterocycles. The van der Waals surface area contributed by atoms with E-state index in [4.69, 9.17) is 0 Å². The van der Waals surface area contributed by atoms with Crippen LogP contribution in [-0.2, 0) is 14.4 Å². The van der Waals surface area contributed by atoms with Gasteiger partial charge in [-0.25, -0.2) is 4.39 Å². The molecule has 2 saturated heterocycles. The van der Waals surface area contributed by atoms with Gasteiger partial charge in [-0.05, 0) is 43.4 Å². The summed E-state index contributed by atoms with van der Waals surface area (Å²) in [6.45, 7) is 3.10. The highest BCUT2D eigenvalue weighted by molar-refractivity contribution is 7.15. The van der Waals surface area contributed by atoms with Crippen LogP contribution in [0.5, 0.6) is 0 Å². The molecule has 0 aliphatic carbocycles. The number of rotatable bonds is 5. The van der Waals surface area contributed by atoms with Crippen molar-refractivity contribution in [3.8, 4) is 10.4 Å². The summed E-state index contributed by atoms with van der Waals surface area (Å²) in [4.78, 5) is 40.0. The van der Waals surface area contributed by atoms with Gasteiger partial charge in [0.05, 0.1) is 5.41 Å². The molecule has 5 nitrogen and oxygen atoms in total. The molecule has 7 heteroatoms. The van der Waals surface area contributed by atoms with Crippen LogP contribution >= 0.6 is 11.3 Å². The van der Waals surface area contributed by atoms with Crippen LogP contribution in [0, 0.1) is 11.2 Å². The van der Waals surface area contributed by atoms with E-state index in [0.29, 0.717) is 31.0 Å². The van der Waals surface area contributed by atoms with Crippen LogP contribution in [0.3, 0.4) is 0 Å². The van der Waals surface area contributed by atoms with Crippen molar-refractivity contribution in [2.45, 2.75) is 44.9 Å². The molecule has 1 aromatic carbocycles. The molecule has 3 heterocycles. The van der Waals surface area contributed by atoms with E-state index in [1.165, 1.54) is 10.9 Å². The van der Waals surface area contributed by atoms with Gasteiger partial charge in [0, 0.05) is 41.2 Å². The summed E-state index contributed by atoms with van der Waals surface area (Å²) in [7, 11) is 0. The molecule has 158 valence electrons. The summed E-state index contributed by atoms with van der Waals surface area (Å²) in [5, 5.41) is 2.33. The van der Waals surface area contributed by atoms with E-state index in [9.17, 15) is 18.8 Å².